The number of carbonyl (C=O) groups is 3. The zero-order valence-corrected chi connectivity index (χ0v) is 29.8. The molecular formula is C43H42N2O5S. The fourth-order valence-electron chi connectivity index (χ4n) is 6.60. The van der Waals surface area contributed by atoms with Crippen molar-refractivity contribution in [2.75, 3.05) is 18.9 Å². The highest BCUT2D eigenvalue weighted by Crippen LogP contribution is 2.49. The minimum Gasteiger partial charge on any atom is -0.459 e. The van der Waals surface area contributed by atoms with Crippen LogP contribution in [0.25, 0.3) is 11.1 Å². The number of ether oxygens (including phenoxy) is 2. The first-order valence-corrected chi connectivity index (χ1v) is 18.1. The molecule has 260 valence electrons. The Hall–Kier alpha value is -5.34. The summed E-state index contributed by atoms with van der Waals surface area (Å²) in [5, 5.41) is 5.53. The highest BCUT2D eigenvalue weighted by Gasteiger charge is 2.39. The Balaban J connectivity index is 1.27. The molecule has 0 unspecified atom stereocenters. The molecule has 0 saturated heterocycles. The molecule has 0 heterocycles. The second-order valence-corrected chi connectivity index (χ2v) is 14.7. The average molecular weight is 699 g/mol. The van der Waals surface area contributed by atoms with Gasteiger partial charge in [-0.15, -0.1) is 11.8 Å². The van der Waals surface area contributed by atoms with Gasteiger partial charge in [-0.05, 0) is 59.7 Å². The molecular weight excluding hydrogens is 657 g/mol. The lowest BCUT2D eigenvalue weighted by molar-refractivity contribution is -0.154. The molecule has 2 amide bonds. The fraction of sp³-hybridized carbons (Fsp3) is 0.233. The summed E-state index contributed by atoms with van der Waals surface area (Å²) in [7, 11) is 0. The number of nitrogens with one attached hydrogen (secondary N) is 2. The number of amides is 2. The minimum atomic E-state index is -1.05. The van der Waals surface area contributed by atoms with Gasteiger partial charge in [-0.1, -0.05) is 140 Å². The van der Waals surface area contributed by atoms with Gasteiger partial charge in [-0.2, -0.15) is 0 Å². The number of esters is 1. The third-order valence-corrected chi connectivity index (χ3v) is 10.4. The van der Waals surface area contributed by atoms with Gasteiger partial charge in [0.15, 0.2) is 0 Å². The second kappa shape index (κ2) is 15.7. The molecule has 0 spiro atoms. The van der Waals surface area contributed by atoms with Crippen LogP contribution in [0.3, 0.4) is 0 Å². The van der Waals surface area contributed by atoms with E-state index in [1.165, 1.54) is 11.8 Å². The molecule has 5 aromatic carbocycles. The maximum Gasteiger partial charge on any atom is 0.407 e. The second-order valence-electron chi connectivity index (χ2n) is 13.4. The number of hydrogen-bond donors (Lipinski definition) is 2. The van der Waals surface area contributed by atoms with Gasteiger partial charge in [-0.3, -0.25) is 9.59 Å². The zero-order chi connectivity index (χ0) is 35.8. The molecule has 5 aromatic rings. The average Bonchev–Trinajstić information content (AvgIpc) is 3.47. The van der Waals surface area contributed by atoms with Crippen LogP contribution in [0.5, 0.6) is 0 Å². The van der Waals surface area contributed by atoms with Gasteiger partial charge in [0.05, 0.1) is 4.75 Å². The Morgan fingerprint density at radius 2 is 1.12 bits per heavy atom. The van der Waals surface area contributed by atoms with Crippen molar-refractivity contribution in [3.05, 3.63) is 167 Å². The van der Waals surface area contributed by atoms with Crippen LogP contribution >= 0.6 is 11.8 Å². The van der Waals surface area contributed by atoms with Crippen LogP contribution in [0.1, 0.15) is 54.5 Å². The molecule has 0 radical (unpaired) electrons. The van der Waals surface area contributed by atoms with E-state index in [4.69, 9.17) is 9.47 Å². The smallest absolute Gasteiger partial charge is 0.407 e. The molecule has 51 heavy (non-hydrogen) atoms. The summed E-state index contributed by atoms with van der Waals surface area (Å²) in [4.78, 5) is 40.0. The van der Waals surface area contributed by atoms with E-state index in [-0.39, 0.29) is 24.8 Å². The summed E-state index contributed by atoms with van der Waals surface area (Å²) in [6.45, 7) is 5.05. The number of rotatable bonds is 12. The maximum atomic E-state index is 13.9. The molecule has 0 aliphatic heterocycles. The van der Waals surface area contributed by atoms with Gasteiger partial charge in [0.1, 0.15) is 24.8 Å². The van der Waals surface area contributed by atoms with E-state index in [1.54, 1.807) is 20.8 Å². The third kappa shape index (κ3) is 8.18. The Labute approximate surface area is 303 Å². The van der Waals surface area contributed by atoms with Crippen LogP contribution in [0.2, 0.25) is 0 Å². The predicted molar refractivity (Wildman–Crippen MR) is 203 cm³/mol. The van der Waals surface area contributed by atoms with Gasteiger partial charge in [0.2, 0.25) is 5.91 Å². The first-order chi connectivity index (χ1) is 24.7. The number of thioether (sulfide) groups is 1. The lowest BCUT2D eigenvalue weighted by atomic mass is 9.84. The molecule has 1 atom stereocenters. The van der Waals surface area contributed by atoms with Crippen molar-refractivity contribution in [3.8, 4) is 11.1 Å². The lowest BCUT2D eigenvalue weighted by Gasteiger charge is -2.36. The van der Waals surface area contributed by atoms with E-state index in [0.717, 1.165) is 38.9 Å². The summed E-state index contributed by atoms with van der Waals surface area (Å²) in [5.74, 6) is -1.08. The highest BCUT2D eigenvalue weighted by atomic mass is 32.2. The summed E-state index contributed by atoms with van der Waals surface area (Å²) in [5.41, 5.74) is 6.76. The number of fused-ring (bicyclic) bond motifs is 3. The van der Waals surface area contributed by atoms with Gasteiger partial charge >= 0.3 is 12.1 Å². The van der Waals surface area contributed by atoms with E-state index < -0.39 is 34.4 Å². The van der Waals surface area contributed by atoms with Gasteiger partial charge in [0.25, 0.3) is 0 Å². The van der Waals surface area contributed by atoms with E-state index in [2.05, 4.69) is 71.3 Å². The van der Waals surface area contributed by atoms with Gasteiger partial charge in [-0.25, -0.2) is 4.79 Å². The van der Waals surface area contributed by atoms with Crippen molar-refractivity contribution in [1.82, 2.24) is 10.6 Å². The van der Waals surface area contributed by atoms with Crippen LogP contribution in [0, 0.1) is 0 Å². The molecule has 7 nitrogen and oxygen atoms in total. The van der Waals surface area contributed by atoms with Crippen LogP contribution in [0.4, 0.5) is 4.79 Å². The van der Waals surface area contributed by atoms with Crippen LogP contribution in [-0.4, -0.2) is 48.5 Å². The standard InChI is InChI=1S/C43H42N2O5S/c1-42(2,3)50-39(46)27-44-40(47)38(45-41(48)49-28-37-35-25-15-13-23-33(35)34-24-14-16-26-36(34)37)29-51-43(30-17-7-4-8-18-30,31-19-9-5-10-20-31)32-21-11-6-12-22-32/h4-26,37-38H,27-29H2,1-3H3,(H,44,47)(H,45,48)/t38-/m0/s1. The number of carbonyl (C=O) groups excluding carboxylic acids is 3. The van der Waals surface area contributed by atoms with E-state index in [1.807, 2.05) is 78.9 Å². The van der Waals surface area contributed by atoms with Crippen molar-refractivity contribution in [2.45, 2.75) is 43.1 Å². The van der Waals surface area contributed by atoms with Crippen molar-refractivity contribution in [1.29, 1.82) is 0 Å². The summed E-state index contributed by atoms with van der Waals surface area (Å²) < 4.78 is 10.5. The van der Waals surface area contributed by atoms with Crippen LogP contribution in [-0.2, 0) is 23.8 Å². The zero-order valence-electron chi connectivity index (χ0n) is 29.0. The topological polar surface area (TPSA) is 93.7 Å². The first kappa shape index (κ1) is 35.5. The van der Waals surface area contributed by atoms with E-state index in [0.29, 0.717) is 0 Å². The Morgan fingerprint density at radius 1 is 0.667 bits per heavy atom. The Morgan fingerprint density at radius 3 is 1.59 bits per heavy atom. The largest absolute Gasteiger partial charge is 0.459 e. The summed E-state index contributed by atoms with van der Waals surface area (Å²) in [6, 6.07) is 45.5. The number of benzene rings is 5. The van der Waals surface area contributed by atoms with Gasteiger partial charge < -0.3 is 20.1 Å². The molecule has 2 N–H and O–H groups in total. The number of alkyl carbamates (subject to hydrolysis) is 1. The summed E-state index contributed by atoms with van der Waals surface area (Å²) in [6.07, 6.45) is -0.723. The highest BCUT2D eigenvalue weighted by molar-refractivity contribution is 8.00. The van der Waals surface area contributed by atoms with Crippen molar-refractivity contribution in [2.24, 2.45) is 0 Å². The SMILES string of the molecule is CC(C)(C)OC(=O)CNC(=O)[C@H](CSC(c1ccccc1)(c1ccccc1)c1ccccc1)NC(=O)OCC1c2ccccc2-c2ccccc21. The first-order valence-electron chi connectivity index (χ1n) is 17.1. The fourth-order valence-corrected chi connectivity index (χ4v) is 8.16. The Kier molecular flexibility index (Phi) is 10.9. The van der Waals surface area contributed by atoms with E-state index >= 15 is 0 Å². The van der Waals surface area contributed by atoms with Crippen molar-refractivity contribution < 1.29 is 23.9 Å². The van der Waals surface area contributed by atoms with Crippen molar-refractivity contribution >= 4 is 29.7 Å². The third-order valence-electron chi connectivity index (χ3n) is 8.79. The molecule has 6 rings (SSSR count). The van der Waals surface area contributed by atoms with E-state index in [9.17, 15) is 14.4 Å². The molecule has 0 fully saturated rings. The maximum absolute atomic E-state index is 13.9. The molecule has 0 bridgehead atoms. The lowest BCUT2D eigenvalue weighted by Crippen LogP contribution is -2.50. The van der Waals surface area contributed by atoms with Crippen LogP contribution < -0.4 is 10.6 Å². The van der Waals surface area contributed by atoms with Crippen molar-refractivity contribution in [3.63, 3.8) is 0 Å². The molecule has 1 aliphatic rings. The number of hydrogen-bond acceptors (Lipinski definition) is 6. The Bertz CT molecular complexity index is 1820. The van der Waals surface area contributed by atoms with Crippen LogP contribution in [0.15, 0.2) is 140 Å². The summed E-state index contributed by atoms with van der Waals surface area (Å²) >= 11 is 1.53. The monoisotopic (exact) mass is 698 g/mol. The molecule has 0 saturated carbocycles. The van der Waals surface area contributed by atoms with Gasteiger partial charge in [0, 0.05) is 11.7 Å². The molecule has 1 aliphatic carbocycles. The molecule has 8 heteroatoms. The quantitative estimate of drug-likeness (QED) is 0.101. The minimum absolute atomic E-state index is 0.0984. The normalized spacial score (nSPS) is 13.0. The predicted octanol–water partition coefficient (Wildman–Crippen LogP) is 8.08. The molecule has 0 aromatic heterocycles.